The van der Waals surface area contributed by atoms with Gasteiger partial charge in [-0.1, -0.05) is 56.0 Å². The minimum atomic E-state index is -0.215. The van der Waals surface area contributed by atoms with Crippen molar-refractivity contribution >= 4 is 5.91 Å². The van der Waals surface area contributed by atoms with Gasteiger partial charge in [0.05, 0.1) is 0 Å². The lowest BCUT2D eigenvalue weighted by Crippen LogP contribution is -2.40. The maximum absolute atomic E-state index is 12.9. The zero-order valence-corrected chi connectivity index (χ0v) is 12.6. The van der Waals surface area contributed by atoms with E-state index in [1.807, 2.05) is 6.07 Å². The van der Waals surface area contributed by atoms with Crippen molar-refractivity contribution in [3.05, 3.63) is 35.9 Å². The van der Waals surface area contributed by atoms with Crippen molar-refractivity contribution in [2.45, 2.75) is 69.1 Å². The van der Waals surface area contributed by atoms with Crippen LogP contribution in [0.2, 0.25) is 0 Å². The summed E-state index contributed by atoms with van der Waals surface area (Å²) in [5, 5.41) is 3.65. The summed E-state index contributed by atoms with van der Waals surface area (Å²) in [5.74, 6) is 0.364. The van der Waals surface area contributed by atoms with Crippen LogP contribution in [0.5, 0.6) is 0 Å². The van der Waals surface area contributed by atoms with Crippen LogP contribution < -0.4 is 5.32 Å². The third kappa shape index (κ3) is 2.28. The van der Waals surface area contributed by atoms with E-state index >= 15 is 0 Å². The molecule has 1 atom stereocenters. The van der Waals surface area contributed by atoms with Crippen molar-refractivity contribution < 1.29 is 4.79 Å². The van der Waals surface area contributed by atoms with Crippen molar-refractivity contribution in [3.8, 4) is 0 Å². The normalized spacial score (nSPS) is 28.9. The fourth-order valence-corrected chi connectivity index (χ4v) is 4.03. The molecule has 0 bridgehead atoms. The summed E-state index contributed by atoms with van der Waals surface area (Å²) in [6, 6.07) is 10.9. The fraction of sp³-hybridized carbons (Fsp3) is 0.611. The van der Waals surface area contributed by atoms with Crippen molar-refractivity contribution in [1.82, 2.24) is 10.2 Å². The Balaban J connectivity index is 1.65. The molecular formula is C18H24N2O. The van der Waals surface area contributed by atoms with Gasteiger partial charge in [-0.25, -0.2) is 0 Å². The molecule has 0 aromatic heterocycles. The van der Waals surface area contributed by atoms with E-state index in [2.05, 4.69) is 34.5 Å². The fourth-order valence-electron chi connectivity index (χ4n) is 4.03. The van der Waals surface area contributed by atoms with E-state index in [4.69, 9.17) is 0 Å². The predicted molar refractivity (Wildman–Crippen MR) is 82.6 cm³/mol. The Bertz CT molecular complexity index is 515. The van der Waals surface area contributed by atoms with Crippen molar-refractivity contribution in [2.24, 2.45) is 0 Å². The van der Waals surface area contributed by atoms with Gasteiger partial charge in [-0.15, -0.1) is 0 Å². The molecule has 1 saturated heterocycles. The molecule has 3 fully saturated rings. The van der Waals surface area contributed by atoms with Gasteiger partial charge in [0.25, 0.3) is 0 Å². The zero-order valence-electron chi connectivity index (χ0n) is 12.6. The zero-order chi connectivity index (χ0) is 14.3. The predicted octanol–water partition coefficient (Wildman–Crippen LogP) is 3.37. The van der Waals surface area contributed by atoms with Gasteiger partial charge in [0.2, 0.25) is 5.91 Å². The summed E-state index contributed by atoms with van der Waals surface area (Å²) >= 11 is 0. The van der Waals surface area contributed by atoms with E-state index in [1.54, 1.807) is 0 Å². The van der Waals surface area contributed by atoms with Crippen LogP contribution in [0, 0.1) is 0 Å². The maximum atomic E-state index is 12.9. The molecule has 1 unspecified atom stereocenters. The Kier molecular flexibility index (Phi) is 3.26. The minimum Gasteiger partial charge on any atom is -0.318 e. The second kappa shape index (κ2) is 5.13. The molecule has 1 amide bonds. The number of hydrogen-bond acceptors (Lipinski definition) is 2. The first kappa shape index (κ1) is 13.3. The second-order valence-corrected chi connectivity index (χ2v) is 6.90. The summed E-state index contributed by atoms with van der Waals surface area (Å²) in [6.07, 6.45) is 9.65. The van der Waals surface area contributed by atoms with Crippen LogP contribution in [0.25, 0.3) is 0 Å². The molecule has 1 aromatic carbocycles. The number of hydrogen-bond donors (Lipinski definition) is 1. The molecule has 1 N–H and O–H groups in total. The van der Waals surface area contributed by atoms with Crippen LogP contribution in [0.4, 0.5) is 0 Å². The highest BCUT2D eigenvalue weighted by atomic mass is 16.2. The summed E-state index contributed by atoms with van der Waals surface area (Å²) in [5.41, 5.74) is 1.02. The number of nitrogens with zero attached hydrogens (tertiary/aromatic N) is 1. The lowest BCUT2D eigenvalue weighted by Gasteiger charge is -2.32. The Labute approximate surface area is 126 Å². The van der Waals surface area contributed by atoms with Gasteiger partial charge in [0.15, 0.2) is 0 Å². The first-order valence-electron chi connectivity index (χ1n) is 8.46. The molecule has 3 nitrogen and oxygen atoms in total. The van der Waals surface area contributed by atoms with E-state index in [-0.39, 0.29) is 11.7 Å². The van der Waals surface area contributed by atoms with Gasteiger partial charge in [0.1, 0.15) is 11.7 Å². The van der Waals surface area contributed by atoms with Gasteiger partial charge >= 0.3 is 0 Å². The van der Waals surface area contributed by atoms with E-state index in [9.17, 15) is 4.79 Å². The van der Waals surface area contributed by atoms with Gasteiger partial charge in [0, 0.05) is 6.04 Å². The quantitative estimate of drug-likeness (QED) is 0.844. The molecule has 1 aromatic rings. The van der Waals surface area contributed by atoms with Crippen LogP contribution in [0.15, 0.2) is 30.3 Å². The van der Waals surface area contributed by atoms with E-state index in [0.717, 1.165) is 12.8 Å². The molecule has 3 aliphatic rings. The highest BCUT2D eigenvalue weighted by Crippen LogP contribution is 2.47. The third-order valence-corrected chi connectivity index (χ3v) is 5.42. The molecule has 0 radical (unpaired) electrons. The van der Waals surface area contributed by atoms with Crippen LogP contribution in [-0.2, 0) is 4.79 Å². The standard InChI is InChI=1S/C18H24N2O/c21-17-18(12-13-18)19-16(14-8-4-3-5-9-14)20(17)15-10-6-1-2-7-11-15/h3-5,8-9,15-16,19H,1-2,6-7,10-13H2. The van der Waals surface area contributed by atoms with E-state index in [0.29, 0.717) is 11.9 Å². The lowest BCUT2D eigenvalue weighted by atomic mass is 10.0. The topological polar surface area (TPSA) is 32.3 Å². The largest absolute Gasteiger partial charge is 0.318 e. The Morgan fingerprint density at radius 2 is 1.67 bits per heavy atom. The smallest absolute Gasteiger partial charge is 0.244 e. The molecule has 1 aliphatic heterocycles. The molecule has 112 valence electrons. The van der Waals surface area contributed by atoms with Crippen LogP contribution in [0.1, 0.15) is 63.1 Å². The SMILES string of the molecule is O=C1N(C2CCCCCC2)C(c2ccccc2)NC12CC2. The Morgan fingerprint density at radius 3 is 2.29 bits per heavy atom. The molecule has 1 spiro atoms. The van der Waals surface area contributed by atoms with Gasteiger partial charge in [-0.2, -0.15) is 0 Å². The molecule has 2 saturated carbocycles. The second-order valence-electron chi connectivity index (χ2n) is 6.90. The van der Waals surface area contributed by atoms with Crippen LogP contribution >= 0.6 is 0 Å². The molecule has 2 aliphatic carbocycles. The molecular weight excluding hydrogens is 260 g/mol. The molecule has 1 heterocycles. The van der Waals surface area contributed by atoms with Crippen molar-refractivity contribution in [1.29, 1.82) is 0 Å². The van der Waals surface area contributed by atoms with Gasteiger partial charge in [-0.3, -0.25) is 10.1 Å². The highest BCUT2D eigenvalue weighted by molar-refractivity contribution is 5.92. The maximum Gasteiger partial charge on any atom is 0.244 e. The van der Waals surface area contributed by atoms with Crippen LogP contribution in [0.3, 0.4) is 0 Å². The number of carbonyl (C=O) groups excluding carboxylic acids is 1. The number of nitrogens with one attached hydrogen (secondary N) is 1. The molecule has 21 heavy (non-hydrogen) atoms. The Morgan fingerprint density at radius 1 is 1.00 bits per heavy atom. The first-order chi connectivity index (χ1) is 10.3. The van der Waals surface area contributed by atoms with Gasteiger partial charge in [-0.05, 0) is 31.2 Å². The summed E-state index contributed by atoms with van der Waals surface area (Å²) < 4.78 is 0. The number of rotatable bonds is 2. The van der Waals surface area contributed by atoms with Crippen molar-refractivity contribution in [3.63, 3.8) is 0 Å². The highest BCUT2D eigenvalue weighted by Gasteiger charge is 2.60. The average Bonchev–Trinajstić information content (AvgIpc) is 3.28. The Hall–Kier alpha value is -1.35. The van der Waals surface area contributed by atoms with E-state index < -0.39 is 0 Å². The molecule has 4 rings (SSSR count). The average molecular weight is 284 g/mol. The van der Waals surface area contributed by atoms with Gasteiger partial charge < -0.3 is 4.90 Å². The third-order valence-electron chi connectivity index (χ3n) is 5.42. The summed E-state index contributed by atoms with van der Waals surface area (Å²) in [4.78, 5) is 15.2. The number of carbonyl (C=O) groups is 1. The van der Waals surface area contributed by atoms with E-state index in [1.165, 1.54) is 44.1 Å². The minimum absolute atomic E-state index is 0.0873. The van der Waals surface area contributed by atoms with Crippen molar-refractivity contribution in [2.75, 3.05) is 0 Å². The lowest BCUT2D eigenvalue weighted by molar-refractivity contribution is -0.133. The molecule has 3 heteroatoms. The first-order valence-corrected chi connectivity index (χ1v) is 8.46. The number of benzene rings is 1. The monoisotopic (exact) mass is 284 g/mol. The number of amides is 1. The summed E-state index contributed by atoms with van der Waals surface area (Å²) in [6.45, 7) is 0. The summed E-state index contributed by atoms with van der Waals surface area (Å²) in [7, 11) is 0. The van der Waals surface area contributed by atoms with Crippen LogP contribution in [-0.4, -0.2) is 22.4 Å².